The maximum Gasteiger partial charge on any atom is 0.416 e. The van der Waals surface area contributed by atoms with Gasteiger partial charge in [-0.25, -0.2) is 0 Å². The fourth-order valence-corrected chi connectivity index (χ4v) is 2.74. The molecule has 3 nitrogen and oxygen atoms in total. The lowest BCUT2D eigenvalue weighted by atomic mass is 10.0. The standard InChI is InChI=1S/C10H8F6O.C6H12N2/c1-5(17)6-2-7(9(11,12)13)4-8(3-6)10(14,15)16;1-2-8-5-3-7(1)4-6-8/h2-5,17H,1H3;1-6H2/t5-;/m1./s1. The number of nitrogens with zero attached hydrogens (tertiary/aromatic N) is 2. The van der Waals surface area contributed by atoms with Crippen molar-refractivity contribution in [3.8, 4) is 0 Å². The van der Waals surface area contributed by atoms with Crippen molar-refractivity contribution in [1.82, 2.24) is 9.80 Å². The summed E-state index contributed by atoms with van der Waals surface area (Å²) in [5.41, 5.74) is -3.28. The van der Waals surface area contributed by atoms with Gasteiger partial charge in [0.2, 0.25) is 0 Å². The minimum absolute atomic E-state index is 0.0197. The molecule has 3 aliphatic heterocycles. The smallest absolute Gasteiger partial charge is 0.389 e. The van der Waals surface area contributed by atoms with Crippen LogP contribution in [-0.2, 0) is 12.4 Å². The molecule has 0 spiro atoms. The molecule has 1 aromatic carbocycles. The second-order valence-electron chi connectivity index (χ2n) is 6.20. The van der Waals surface area contributed by atoms with Gasteiger partial charge < -0.3 is 5.11 Å². The number of piperazine rings is 3. The first-order chi connectivity index (χ1) is 11.5. The summed E-state index contributed by atoms with van der Waals surface area (Å²) in [6.07, 6.45) is -11.2. The predicted molar refractivity (Wildman–Crippen MR) is 80.0 cm³/mol. The van der Waals surface area contributed by atoms with Crippen LogP contribution in [0.2, 0.25) is 0 Å². The number of hydrogen-bond acceptors (Lipinski definition) is 3. The van der Waals surface area contributed by atoms with Crippen LogP contribution in [0.5, 0.6) is 0 Å². The van der Waals surface area contributed by atoms with Gasteiger partial charge in [-0.15, -0.1) is 0 Å². The largest absolute Gasteiger partial charge is 0.416 e. The number of aliphatic hydroxyl groups is 1. The fraction of sp³-hybridized carbons (Fsp3) is 0.625. The van der Waals surface area contributed by atoms with Crippen LogP contribution in [0.3, 0.4) is 0 Å². The highest BCUT2D eigenvalue weighted by Crippen LogP contribution is 2.37. The zero-order valence-electron chi connectivity index (χ0n) is 13.7. The van der Waals surface area contributed by atoms with Crippen molar-refractivity contribution >= 4 is 0 Å². The normalized spacial score (nSPS) is 24.5. The lowest BCUT2D eigenvalue weighted by molar-refractivity contribution is -0.143. The Morgan fingerprint density at radius 1 is 0.760 bits per heavy atom. The van der Waals surface area contributed by atoms with Crippen molar-refractivity contribution in [2.75, 3.05) is 39.3 Å². The summed E-state index contributed by atoms with van der Waals surface area (Å²) in [6, 6.07) is 1.02. The second-order valence-corrected chi connectivity index (χ2v) is 6.20. The van der Waals surface area contributed by atoms with Gasteiger partial charge in [0.25, 0.3) is 0 Å². The quantitative estimate of drug-likeness (QED) is 0.768. The Morgan fingerprint density at radius 3 is 1.28 bits per heavy atom. The highest BCUT2D eigenvalue weighted by atomic mass is 19.4. The van der Waals surface area contributed by atoms with E-state index >= 15 is 0 Å². The van der Waals surface area contributed by atoms with Crippen molar-refractivity contribution in [2.24, 2.45) is 0 Å². The Bertz CT molecular complexity index is 522. The number of benzene rings is 1. The zero-order chi connectivity index (χ0) is 18.8. The van der Waals surface area contributed by atoms with Crippen LogP contribution in [0.15, 0.2) is 18.2 Å². The first-order valence-corrected chi connectivity index (χ1v) is 7.89. The van der Waals surface area contributed by atoms with Crippen molar-refractivity contribution in [3.63, 3.8) is 0 Å². The molecule has 2 bridgehead atoms. The van der Waals surface area contributed by atoms with E-state index in [2.05, 4.69) is 9.80 Å². The highest BCUT2D eigenvalue weighted by molar-refractivity contribution is 5.34. The van der Waals surface area contributed by atoms with Gasteiger partial charge in [-0.1, -0.05) is 0 Å². The molecule has 3 heterocycles. The van der Waals surface area contributed by atoms with E-state index in [1.54, 1.807) is 0 Å². The molecule has 0 radical (unpaired) electrons. The number of alkyl halides is 6. The van der Waals surface area contributed by atoms with Gasteiger partial charge >= 0.3 is 12.4 Å². The lowest BCUT2D eigenvalue weighted by Gasteiger charge is -2.41. The number of aliphatic hydroxyl groups excluding tert-OH is 1. The Kier molecular flexibility index (Phi) is 6.01. The predicted octanol–water partition coefficient (Wildman–Crippen LogP) is 3.40. The summed E-state index contributed by atoms with van der Waals surface area (Å²) in [6.45, 7) is 9.01. The van der Waals surface area contributed by atoms with Crippen molar-refractivity contribution in [2.45, 2.75) is 25.4 Å². The molecule has 142 valence electrons. The third kappa shape index (κ3) is 5.58. The third-order valence-corrected chi connectivity index (χ3v) is 4.29. The van der Waals surface area contributed by atoms with E-state index in [1.165, 1.54) is 39.3 Å². The lowest BCUT2D eigenvalue weighted by Crippen LogP contribution is -2.55. The molecule has 0 unspecified atom stereocenters. The Balaban J connectivity index is 0.000000230. The van der Waals surface area contributed by atoms with E-state index in [1.807, 2.05) is 0 Å². The average molecular weight is 370 g/mol. The van der Waals surface area contributed by atoms with Crippen LogP contribution in [0.4, 0.5) is 26.3 Å². The highest BCUT2D eigenvalue weighted by Gasteiger charge is 2.37. The van der Waals surface area contributed by atoms with Crippen LogP contribution >= 0.6 is 0 Å². The molecule has 0 amide bonds. The number of halogens is 6. The molecular formula is C16H20F6N2O. The molecule has 4 rings (SSSR count). The first-order valence-electron chi connectivity index (χ1n) is 7.89. The maximum absolute atomic E-state index is 12.4. The number of rotatable bonds is 1. The molecule has 3 fully saturated rings. The average Bonchev–Trinajstić information content (AvgIpc) is 2.55. The summed E-state index contributed by atoms with van der Waals surface area (Å²) in [4.78, 5) is 5.08. The summed E-state index contributed by atoms with van der Waals surface area (Å²) >= 11 is 0. The third-order valence-electron chi connectivity index (χ3n) is 4.29. The molecular weight excluding hydrogens is 350 g/mol. The topological polar surface area (TPSA) is 26.7 Å². The number of fused-ring (bicyclic) bond motifs is 3. The van der Waals surface area contributed by atoms with Gasteiger partial charge in [0.1, 0.15) is 0 Å². The molecule has 3 aliphatic rings. The summed E-state index contributed by atoms with van der Waals surface area (Å²) < 4.78 is 74.1. The molecule has 25 heavy (non-hydrogen) atoms. The minimum atomic E-state index is -4.88. The molecule has 0 saturated carbocycles. The maximum atomic E-state index is 12.4. The van der Waals surface area contributed by atoms with Crippen LogP contribution in [0, 0.1) is 0 Å². The minimum Gasteiger partial charge on any atom is -0.389 e. The Labute approximate surface area is 141 Å². The van der Waals surface area contributed by atoms with Gasteiger partial charge in [0, 0.05) is 39.3 Å². The van der Waals surface area contributed by atoms with Crippen molar-refractivity contribution in [3.05, 3.63) is 34.9 Å². The van der Waals surface area contributed by atoms with E-state index in [9.17, 15) is 26.3 Å². The van der Waals surface area contributed by atoms with E-state index in [4.69, 9.17) is 5.11 Å². The van der Waals surface area contributed by atoms with Crippen molar-refractivity contribution < 1.29 is 31.4 Å². The summed E-state index contributed by atoms with van der Waals surface area (Å²) in [5, 5.41) is 9.07. The first kappa shape index (κ1) is 20.0. The van der Waals surface area contributed by atoms with Crippen LogP contribution < -0.4 is 0 Å². The summed E-state index contributed by atoms with van der Waals surface area (Å²) in [5.74, 6) is 0. The molecule has 3 saturated heterocycles. The van der Waals surface area contributed by atoms with Gasteiger partial charge in [-0.2, -0.15) is 26.3 Å². The molecule has 1 atom stereocenters. The molecule has 1 aromatic rings. The van der Waals surface area contributed by atoms with E-state index in [-0.39, 0.29) is 6.07 Å². The van der Waals surface area contributed by atoms with Gasteiger partial charge in [-0.05, 0) is 30.7 Å². The van der Waals surface area contributed by atoms with Crippen LogP contribution in [0.1, 0.15) is 29.7 Å². The van der Waals surface area contributed by atoms with E-state index < -0.39 is 35.1 Å². The SMILES string of the molecule is C1CN2CCN1CC2.C[C@@H](O)c1cc(C(F)(F)F)cc(C(F)(F)F)c1. The van der Waals surface area contributed by atoms with Crippen molar-refractivity contribution in [1.29, 1.82) is 0 Å². The van der Waals surface area contributed by atoms with Crippen LogP contribution in [0.25, 0.3) is 0 Å². The molecule has 0 aliphatic carbocycles. The Morgan fingerprint density at radius 2 is 1.08 bits per heavy atom. The molecule has 9 heteroatoms. The fourth-order valence-electron chi connectivity index (χ4n) is 2.74. The van der Waals surface area contributed by atoms with E-state index in [0.29, 0.717) is 12.1 Å². The van der Waals surface area contributed by atoms with Gasteiger partial charge in [0.15, 0.2) is 0 Å². The van der Waals surface area contributed by atoms with E-state index in [0.717, 1.165) is 6.92 Å². The molecule has 0 aromatic heterocycles. The second kappa shape index (κ2) is 7.51. The number of hydrogen-bond donors (Lipinski definition) is 1. The van der Waals surface area contributed by atoms with Gasteiger partial charge in [0.05, 0.1) is 17.2 Å². The summed E-state index contributed by atoms with van der Waals surface area (Å²) in [7, 11) is 0. The van der Waals surface area contributed by atoms with Crippen LogP contribution in [-0.4, -0.2) is 54.2 Å². The van der Waals surface area contributed by atoms with Gasteiger partial charge in [-0.3, -0.25) is 9.80 Å². The molecule has 1 N–H and O–H groups in total. The Hall–Kier alpha value is -1.32. The monoisotopic (exact) mass is 370 g/mol. The zero-order valence-corrected chi connectivity index (χ0v) is 13.7.